The molecule has 0 aliphatic heterocycles. The molecule has 1 aromatic heterocycles. The van der Waals surface area contributed by atoms with Gasteiger partial charge in [-0.2, -0.15) is 10.4 Å². The molecule has 0 spiro atoms. The maximum atomic E-state index is 12.7. The van der Waals surface area contributed by atoms with E-state index in [0.717, 1.165) is 28.9 Å². The normalized spacial score (nSPS) is 11.8. The lowest BCUT2D eigenvalue weighted by Gasteiger charge is -2.20. The van der Waals surface area contributed by atoms with Gasteiger partial charge in [-0.3, -0.25) is 9.59 Å². The number of thiophene rings is 1. The summed E-state index contributed by atoms with van der Waals surface area (Å²) in [5.74, 6) is 0.0977. The zero-order valence-corrected chi connectivity index (χ0v) is 24.8. The molecule has 2 aromatic carbocycles. The van der Waals surface area contributed by atoms with Crippen molar-refractivity contribution in [3.8, 4) is 11.8 Å². The van der Waals surface area contributed by atoms with E-state index in [9.17, 15) is 9.59 Å². The number of nitrogens with one attached hydrogen (secondary N) is 2. The number of carbonyl (C=O) groups excluding carboxylic acids is 2. The van der Waals surface area contributed by atoms with E-state index in [-0.39, 0.29) is 24.2 Å². The maximum Gasteiger partial charge on any atom is 0.262 e. The second-order valence-electron chi connectivity index (χ2n) is 8.19. The van der Waals surface area contributed by atoms with Crippen molar-refractivity contribution in [3.63, 3.8) is 0 Å². The minimum Gasteiger partial charge on any atom is -0.487 e. The molecule has 0 aliphatic carbocycles. The molecule has 3 aromatic rings. The number of benzene rings is 2. The highest BCUT2D eigenvalue weighted by molar-refractivity contribution is 14.1. The predicted octanol–water partition coefficient (Wildman–Crippen LogP) is 5.24. The number of halogens is 2. The number of hydrogen-bond acceptors (Lipinski definition) is 6. The summed E-state index contributed by atoms with van der Waals surface area (Å²) < 4.78 is 7.81. The van der Waals surface area contributed by atoms with Gasteiger partial charge in [-0.05, 0) is 97.9 Å². The Bertz CT molecular complexity index is 1250. The SMILES string of the molecule is CC(C)[C@H](NC(=O)Cc1cccs1)C(=O)NN=Cc1cc(I)c(OCc2ccc(C#N)cc2)c(I)c1. The zero-order chi connectivity index (χ0) is 26.1. The highest BCUT2D eigenvalue weighted by atomic mass is 127. The van der Waals surface area contributed by atoms with Gasteiger partial charge in [-0.25, -0.2) is 5.43 Å². The first-order valence-electron chi connectivity index (χ1n) is 11.0. The van der Waals surface area contributed by atoms with Crippen molar-refractivity contribution in [3.05, 3.63) is 82.6 Å². The van der Waals surface area contributed by atoms with Crippen molar-refractivity contribution in [2.24, 2.45) is 11.0 Å². The molecule has 1 heterocycles. The summed E-state index contributed by atoms with van der Waals surface area (Å²) in [6.45, 7) is 4.14. The van der Waals surface area contributed by atoms with Gasteiger partial charge in [0.1, 0.15) is 18.4 Å². The van der Waals surface area contributed by atoms with Crippen molar-refractivity contribution in [2.75, 3.05) is 0 Å². The number of ether oxygens (including phenoxy) is 1. The lowest BCUT2D eigenvalue weighted by atomic mass is 10.0. The summed E-state index contributed by atoms with van der Waals surface area (Å²) in [6.07, 6.45) is 1.81. The Hall–Kier alpha value is -2.50. The van der Waals surface area contributed by atoms with Gasteiger partial charge in [-0.15, -0.1) is 11.3 Å². The Kier molecular flexibility index (Phi) is 10.7. The molecule has 0 radical (unpaired) electrons. The number of hydrazone groups is 1. The Balaban J connectivity index is 1.58. The molecule has 36 heavy (non-hydrogen) atoms. The number of nitrogens with zero attached hydrogens (tertiary/aromatic N) is 2. The molecule has 3 rings (SSSR count). The molecular formula is C26H24I2N4O3S. The van der Waals surface area contributed by atoms with Crippen LogP contribution in [0.5, 0.6) is 5.75 Å². The summed E-state index contributed by atoms with van der Waals surface area (Å²) >= 11 is 5.91. The lowest BCUT2D eigenvalue weighted by Crippen LogP contribution is -2.49. The van der Waals surface area contributed by atoms with Crippen molar-refractivity contribution in [2.45, 2.75) is 32.9 Å². The maximum absolute atomic E-state index is 12.7. The van der Waals surface area contributed by atoms with E-state index in [1.807, 2.05) is 55.6 Å². The molecule has 0 saturated carbocycles. The summed E-state index contributed by atoms with van der Waals surface area (Å²) in [4.78, 5) is 26.0. The summed E-state index contributed by atoms with van der Waals surface area (Å²) in [7, 11) is 0. The molecule has 0 bridgehead atoms. The molecule has 2 N–H and O–H groups in total. The Morgan fingerprint density at radius 1 is 1.17 bits per heavy atom. The zero-order valence-electron chi connectivity index (χ0n) is 19.6. The molecule has 1 atom stereocenters. The first-order valence-corrected chi connectivity index (χ1v) is 14.1. The molecular weight excluding hydrogens is 702 g/mol. The van der Waals surface area contributed by atoms with Crippen LogP contribution < -0.4 is 15.5 Å². The van der Waals surface area contributed by atoms with E-state index in [4.69, 9.17) is 10.00 Å². The van der Waals surface area contributed by atoms with Crippen LogP contribution in [0.15, 0.2) is 59.0 Å². The Labute approximate surface area is 241 Å². The van der Waals surface area contributed by atoms with Crippen LogP contribution in [-0.2, 0) is 22.6 Å². The topological polar surface area (TPSA) is 104 Å². The monoisotopic (exact) mass is 726 g/mol. The van der Waals surface area contributed by atoms with Crippen LogP contribution >= 0.6 is 56.5 Å². The second-order valence-corrected chi connectivity index (χ2v) is 11.5. The van der Waals surface area contributed by atoms with Gasteiger partial charge in [0.25, 0.3) is 5.91 Å². The lowest BCUT2D eigenvalue weighted by molar-refractivity contribution is -0.129. The minimum atomic E-state index is -0.687. The van der Waals surface area contributed by atoms with Gasteiger partial charge in [0, 0.05) is 4.88 Å². The van der Waals surface area contributed by atoms with Gasteiger partial charge >= 0.3 is 0 Å². The van der Waals surface area contributed by atoms with Gasteiger partial charge in [-0.1, -0.05) is 32.0 Å². The summed E-state index contributed by atoms with van der Waals surface area (Å²) in [5.41, 5.74) is 4.93. The molecule has 10 heteroatoms. The largest absolute Gasteiger partial charge is 0.487 e. The Morgan fingerprint density at radius 3 is 2.44 bits per heavy atom. The van der Waals surface area contributed by atoms with E-state index in [0.29, 0.717) is 12.2 Å². The van der Waals surface area contributed by atoms with Crippen LogP contribution in [0.3, 0.4) is 0 Å². The average Bonchev–Trinajstić information content (AvgIpc) is 3.35. The highest BCUT2D eigenvalue weighted by Crippen LogP contribution is 2.29. The molecule has 0 unspecified atom stereocenters. The van der Waals surface area contributed by atoms with Crippen LogP contribution in [0.25, 0.3) is 0 Å². The molecule has 2 amide bonds. The third kappa shape index (κ3) is 8.28. The van der Waals surface area contributed by atoms with Crippen molar-refractivity contribution in [1.82, 2.24) is 10.7 Å². The smallest absolute Gasteiger partial charge is 0.262 e. The molecule has 0 saturated heterocycles. The minimum absolute atomic E-state index is 0.0954. The Morgan fingerprint density at radius 2 is 1.86 bits per heavy atom. The average molecular weight is 726 g/mol. The first kappa shape index (κ1) is 28.1. The number of nitriles is 1. The molecule has 186 valence electrons. The van der Waals surface area contributed by atoms with Crippen molar-refractivity contribution >= 4 is 74.5 Å². The quantitative estimate of drug-likeness (QED) is 0.170. The van der Waals surface area contributed by atoms with Crippen molar-refractivity contribution in [1.29, 1.82) is 5.26 Å². The highest BCUT2D eigenvalue weighted by Gasteiger charge is 2.24. The summed E-state index contributed by atoms with van der Waals surface area (Å²) in [6, 6.07) is 16.3. The van der Waals surface area contributed by atoms with Crippen LogP contribution in [-0.4, -0.2) is 24.1 Å². The van der Waals surface area contributed by atoms with Crippen LogP contribution in [0.2, 0.25) is 0 Å². The fourth-order valence-corrected chi connectivity index (χ4v) is 6.02. The van der Waals surface area contributed by atoms with Crippen LogP contribution in [0.4, 0.5) is 0 Å². The number of hydrogen-bond donors (Lipinski definition) is 2. The molecule has 0 fully saturated rings. The predicted molar refractivity (Wildman–Crippen MR) is 158 cm³/mol. The van der Waals surface area contributed by atoms with Gasteiger partial charge in [0.05, 0.1) is 31.4 Å². The second kappa shape index (κ2) is 13.7. The molecule has 7 nitrogen and oxygen atoms in total. The van der Waals surface area contributed by atoms with E-state index >= 15 is 0 Å². The van der Waals surface area contributed by atoms with E-state index in [1.165, 1.54) is 11.3 Å². The van der Waals surface area contributed by atoms with E-state index in [1.54, 1.807) is 18.3 Å². The van der Waals surface area contributed by atoms with Gasteiger partial charge < -0.3 is 10.1 Å². The van der Waals surface area contributed by atoms with E-state index in [2.05, 4.69) is 67.1 Å². The third-order valence-corrected chi connectivity index (χ3v) is 7.53. The number of amides is 2. The van der Waals surface area contributed by atoms with Crippen molar-refractivity contribution < 1.29 is 14.3 Å². The van der Waals surface area contributed by atoms with Gasteiger partial charge in [0.15, 0.2) is 0 Å². The standard InChI is InChI=1S/C26H24I2N4O3S/c1-16(2)24(31-23(33)12-20-4-3-9-36-20)26(34)32-30-14-19-10-21(27)25(22(28)11-19)35-15-18-7-5-17(13-29)6-8-18/h3-11,14,16,24H,12,15H2,1-2H3,(H,31,33)(H,32,34)/t24-/m0/s1. The molecule has 0 aliphatic rings. The number of carbonyl (C=O) groups is 2. The van der Waals surface area contributed by atoms with Crippen LogP contribution in [0.1, 0.15) is 35.4 Å². The van der Waals surface area contributed by atoms with E-state index < -0.39 is 6.04 Å². The third-order valence-electron chi connectivity index (χ3n) is 5.06. The number of rotatable bonds is 10. The first-order chi connectivity index (χ1) is 17.3. The van der Waals surface area contributed by atoms with Gasteiger partial charge in [0.2, 0.25) is 5.91 Å². The van der Waals surface area contributed by atoms with Crippen LogP contribution in [0, 0.1) is 24.4 Å². The summed E-state index contributed by atoms with van der Waals surface area (Å²) in [5, 5.41) is 17.8. The fraction of sp³-hybridized carbons (Fsp3) is 0.231. The fourth-order valence-electron chi connectivity index (χ4n) is 3.19.